The summed E-state index contributed by atoms with van der Waals surface area (Å²) in [6.07, 6.45) is 0.939. The van der Waals surface area contributed by atoms with E-state index in [2.05, 4.69) is 4.98 Å². The van der Waals surface area contributed by atoms with Crippen LogP contribution in [0.5, 0.6) is 0 Å². The Hall–Kier alpha value is -1.69. The number of halogens is 1. The molecule has 0 radical (unpaired) electrons. The Morgan fingerprint density at radius 2 is 2.32 bits per heavy atom. The van der Waals surface area contributed by atoms with Crippen molar-refractivity contribution in [2.75, 3.05) is 6.61 Å². The number of hydrogen-bond acceptors (Lipinski definition) is 3. The number of hydrogen-bond donors (Lipinski definition) is 1. The fourth-order valence-corrected chi connectivity index (χ4v) is 2.27. The van der Waals surface area contributed by atoms with Gasteiger partial charge in [-0.2, -0.15) is 0 Å². The molecule has 1 aromatic carbocycles. The Bertz CT molecular complexity index is 648. The summed E-state index contributed by atoms with van der Waals surface area (Å²) in [5.41, 5.74) is 1.12. The Balaban J connectivity index is 2.13. The van der Waals surface area contributed by atoms with Crippen LogP contribution in [-0.2, 0) is 16.1 Å². The van der Waals surface area contributed by atoms with Gasteiger partial charge in [0.15, 0.2) is 4.77 Å². The molecule has 2 aromatic rings. The number of carbonyl (C=O) groups is 1. The number of nitrogens with zero attached hydrogens (tertiary/aromatic N) is 1. The van der Waals surface area contributed by atoms with E-state index in [-0.39, 0.29) is 11.8 Å². The van der Waals surface area contributed by atoms with Gasteiger partial charge >= 0.3 is 5.97 Å². The van der Waals surface area contributed by atoms with Crippen LogP contribution in [0.15, 0.2) is 18.2 Å². The van der Waals surface area contributed by atoms with E-state index in [1.54, 1.807) is 23.6 Å². The van der Waals surface area contributed by atoms with Gasteiger partial charge in [-0.05, 0) is 37.7 Å². The molecular formula is C13H15FN2O2S. The van der Waals surface area contributed by atoms with Crippen molar-refractivity contribution in [2.24, 2.45) is 0 Å². The minimum atomic E-state index is -0.326. The van der Waals surface area contributed by atoms with Crippen molar-refractivity contribution in [3.63, 3.8) is 0 Å². The third kappa shape index (κ3) is 3.01. The highest BCUT2D eigenvalue weighted by Crippen LogP contribution is 2.17. The summed E-state index contributed by atoms with van der Waals surface area (Å²) >= 11 is 5.17. The topological polar surface area (TPSA) is 47.0 Å². The number of aromatic nitrogens is 2. The molecule has 1 N–H and O–H groups in total. The Morgan fingerprint density at radius 3 is 3.05 bits per heavy atom. The predicted molar refractivity (Wildman–Crippen MR) is 72.9 cm³/mol. The molecule has 0 saturated carbocycles. The number of imidazole rings is 1. The van der Waals surface area contributed by atoms with E-state index in [0.29, 0.717) is 41.8 Å². The van der Waals surface area contributed by atoms with E-state index >= 15 is 0 Å². The molecule has 1 heterocycles. The average Bonchev–Trinajstić information content (AvgIpc) is 2.68. The molecule has 102 valence electrons. The van der Waals surface area contributed by atoms with Crippen molar-refractivity contribution < 1.29 is 13.9 Å². The quantitative estimate of drug-likeness (QED) is 0.677. The predicted octanol–water partition coefficient (Wildman–Crippen LogP) is 3.18. The zero-order valence-corrected chi connectivity index (χ0v) is 11.4. The van der Waals surface area contributed by atoms with Gasteiger partial charge in [0.1, 0.15) is 11.3 Å². The van der Waals surface area contributed by atoms with Gasteiger partial charge in [-0.1, -0.05) is 6.07 Å². The van der Waals surface area contributed by atoms with Crippen molar-refractivity contribution in [3.05, 3.63) is 28.8 Å². The van der Waals surface area contributed by atoms with Crippen molar-refractivity contribution in [1.82, 2.24) is 9.55 Å². The number of nitrogens with one attached hydrogen (secondary N) is 1. The Morgan fingerprint density at radius 1 is 1.53 bits per heavy atom. The summed E-state index contributed by atoms with van der Waals surface area (Å²) in [7, 11) is 0. The summed E-state index contributed by atoms with van der Waals surface area (Å²) in [4.78, 5) is 14.1. The van der Waals surface area contributed by atoms with Crippen LogP contribution >= 0.6 is 12.2 Å². The van der Waals surface area contributed by atoms with Crippen molar-refractivity contribution in [1.29, 1.82) is 0 Å². The lowest BCUT2D eigenvalue weighted by Crippen LogP contribution is -2.06. The number of para-hydroxylation sites is 1. The maximum atomic E-state index is 13.6. The zero-order valence-electron chi connectivity index (χ0n) is 10.6. The molecule has 19 heavy (non-hydrogen) atoms. The average molecular weight is 282 g/mol. The highest BCUT2D eigenvalue weighted by Gasteiger charge is 2.08. The maximum Gasteiger partial charge on any atom is 0.305 e. The van der Waals surface area contributed by atoms with E-state index in [4.69, 9.17) is 17.0 Å². The number of benzene rings is 1. The number of rotatable bonds is 5. The van der Waals surface area contributed by atoms with Crippen LogP contribution in [0.4, 0.5) is 4.39 Å². The summed E-state index contributed by atoms with van der Waals surface area (Å²) in [6, 6.07) is 4.83. The second-order valence-electron chi connectivity index (χ2n) is 4.12. The van der Waals surface area contributed by atoms with E-state index < -0.39 is 0 Å². The normalized spacial score (nSPS) is 10.8. The molecule has 0 unspecified atom stereocenters. The molecule has 0 aliphatic heterocycles. The molecule has 1 aromatic heterocycles. The molecule has 0 bridgehead atoms. The summed E-state index contributed by atoms with van der Waals surface area (Å²) < 4.78 is 20.7. The maximum absolute atomic E-state index is 13.6. The van der Waals surface area contributed by atoms with Crippen LogP contribution in [0.25, 0.3) is 11.0 Å². The number of esters is 1. The van der Waals surface area contributed by atoms with Crippen LogP contribution < -0.4 is 0 Å². The van der Waals surface area contributed by atoms with Crippen LogP contribution in [-0.4, -0.2) is 22.1 Å². The fraction of sp³-hybridized carbons (Fsp3) is 0.385. The SMILES string of the molecule is CCOC(=O)CCCn1c(=S)[nH]c2c(F)cccc21. The molecule has 0 saturated heterocycles. The first kappa shape index (κ1) is 13.7. The van der Waals surface area contributed by atoms with Crippen molar-refractivity contribution in [2.45, 2.75) is 26.3 Å². The number of aryl methyl sites for hydroxylation is 1. The summed E-state index contributed by atoms with van der Waals surface area (Å²) in [6.45, 7) is 2.72. The number of carbonyl (C=O) groups excluding carboxylic acids is 1. The molecule has 0 fully saturated rings. The smallest absolute Gasteiger partial charge is 0.305 e. The lowest BCUT2D eigenvalue weighted by Gasteiger charge is -2.04. The molecule has 6 heteroatoms. The lowest BCUT2D eigenvalue weighted by atomic mass is 10.3. The van der Waals surface area contributed by atoms with Crippen LogP contribution in [0.3, 0.4) is 0 Å². The number of ether oxygens (including phenoxy) is 1. The molecule has 0 aliphatic carbocycles. The van der Waals surface area contributed by atoms with Gasteiger partial charge in [0.05, 0.1) is 12.1 Å². The van der Waals surface area contributed by atoms with Gasteiger partial charge in [-0.15, -0.1) is 0 Å². The van der Waals surface area contributed by atoms with Crippen LogP contribution in [0.2, 0.25) is 0 Å². The van der Waals surface area contributed by atoms with Gasteiger partial charge in [-0.3, -0.25) is 4.79 Å². The zero-order chi connectivity index (χ0) is 13.8. The van der Waals surface area contributed by atoms with Crippen molar-refractivity contribution in [3.8, 4) is 0 Å². The first-order valence-corrected chi connectivity index (χ1v) is 6.57. The number of aromatic amines is 1. The molecule has 0 spiro atoms. The van der Waals surface area contributed by atoms with Gasteiger partial charge < -0.3 is 14.3 Å². The largest absolute Gasteiger partial charge is 0.466 e. The molecule has 0 atom stereocenters. The highest BCUT2D eigenvalue weighted by atomic mass is 32.1. The van der Waals surface area contributed by atoms with Gasteiger partial charge in [-0.25, -0.2) is 4.39 Å². The lowest BCUT2D eigenvalue weighted by molar-refractivity contribution is -0.143. The van der Waals surface area contributed by atoms with Crippen LogP contribution in [0, 0.1) is 10.6 Å². The van der Waals surface area contributed by atoms with Crippen molar-refractivity contribution >= 4 is 29.2 Å². The van der Waals surface area contributed by atoms with Crippen LogP contribution in [0.1, 0.15) is 19.8 Å². The first-order valence-electron chi connectivity index (χ1n) is 6.16. The monoisotopic (exact) mass is 282 g/mol. The van der Waals surface area contributed by atoms with Gasteiger partial charge in [0.25, 0.3) is 0 Å². The molecule has 0 aliphatic rings. The van der Waals surface area contributed by atoms with E-state index in [0.717, 1.165) is 0 Å². The second kappa shape index (κ2) is 5.97. The fourth-order valence-electron chi connectivity index (χ4n) is 1.98. The standard InChI is InChI=1S/C13H15FN2O2S/c1-2-18-11(17)7-4-8-16-10-6-3-5-9(14)12(10)15-13(16)19/h3,5-6H,2,4,7-8H2,1H3,(H,15,19). The second-order valence-corrected chi connectivity index (χ2v) is 4.51. The minimum absolute atomic E-state index is 0.222. The van der Waals surface area contributed by atoms with E-state index in [1.807, 2.05) is 0 Å². The summed E-state index contributed by atoms with van der Waals surface area (Å²) in [5.74, 6) is -0.548. The number of fused-ring (bicyclic) bond motifs is 1. The number of H-pyrrole nitrogens is 1. The van der Waals surface area contributed by atoms with Gasteiger partial charge in [0, 0.05) is 13.0 Å². The molecule has 0 amide bonds. The first-order chi connectivity index (χ1) is 9.13. The van der Waals surface area contributed by atoms with E-state index in [9.17, 15) is 9.18 Å². The Labute approximate surface area is 115 Å². The summed E-state index contributed by atoms with van der Waals surface area (Å²) in [5, 5.41) is 0. The van der Waals surface area contributed by atoms with E-state index in [1.165, 1.54) is 6.07 Å². The minimum Gasteiger partial charge on any atom is -0.466 e. The molecule has 4 nitrogen and oxygen atoms in total. The highest BCUT2D eigenvalue weighted by molar-refractivity contribution is 7.71. The molecule has 2 rings (SSSR count). The third-order valence-electron chi connectivity index (χ3n) is 2.83. The van der Waals surface area contributed by atoms with Gasteiger partial charge in [0.2, 0.25) is 0 Å². The molecular weight excluding hydrogens is 267 g/mol. The third-order valence-corrected chi connectivity index (χ3v) is 3.15. The Kier molecular flexibility index (Phi) is 4.31.